The van der Waals surface area contributed by atoms with E-state index in [1.807, 2.05) is 0 Å². The minimum atomic E-state index is -1.55. The van der Waals surface area contributed by atoms with Gasteiger partial charge in [-0.05, 0) is 24.3 Å². The van der Waals surface area contributed by atoms with E-state index in [9.17, 15) is 39.6 Å². The quantitative estimate of drug-likeness (QED) is 0.346. The fourth-order valence-corrected chi connectivity index (χ4v) is 0.272. The van der Waals surface area contributed by atoms with Crippen molar-refractivity contribution in [2.45, 2.75) is 0 Å². The molecule has 0 aliphatic heterocycles. The van der Waals surface area contributed by atoms with E-state index >= 15 is 0 Å². The molecule has 0 spiro atoms. The third-order valence-electron chi connectivity index (χ3n) is 0.711. The van der Waals surface area contributed by atoms with Crippen molar-refractivity contribution in [3.63, 3.8) is 0 Å². The van der Waals surface area contributed by atoms with Crippen LogP contribution in [0, 0.1) is 0 Å². The molecule has 0 saturated carbocycles. The molecule has 0 fully saturated rings. The van der Waals surface area contributed by atoms with Crippen LogP contribution in [-0.2, 0) is 19.2 Å². The molecular formula is C8H6O9Sn. The molecule has 0 aromatic heterocycles. The molecule has 0 heterocycles. The third kappa shape index (κ3) is 36.9. The van der Waals surface area contributed by atoms with Gasteiger partial charge in [-0.1, -0.05) is 0 Å². The Morgan fingerprint density at radius 1 is 0.556 bits per heavy atom. The molecule has 0 amide bonds. The molecule has 0 unspecified atom stereocenters. The number of carbonyl (C=O) groups is 4. The van der Waals surface area contributed by atoms with Gasteiger partial charge in [0.1, 0.15) is 0 Å². The number of rotatable bonds is 4. The Balaban J connectivity index is -0.0000000980. The van der Waals surface area contributed by atoms with Crippen LogP contribution in [0.25, 0.3) is 0 Å². The van der Waals surface area contributed by atoms with Crippen LogP contribution in [0.1, 0.15) is 0 Å². The van der Waals surface area contributed by atoms with Crippen molar-refractivity contribution in [1.29, 1.82) is 0 Å². The standard InChI is InChI=1S/2C4H4O4.H2O.Sn/c2*5-3(6)1-2-4(7)8;;/h2*1-2H,(H,5,6)(H,7,8);1H2;/q;;;+4/p-4/b2*2-1+;;. The van der Waals surface area contributed by atoms with Crippen LogP contribution < -0.4 is 20.4 Å². The molecule has 0 aliphatic rings. The molecule has 0 bridgehead atoms. The summed E-state index contributed by atoms with van der Waals surface area (Å²) in [5, 5.41) is 37.7. The predicted octanol–water partition coefficient (Wildman–Crippen LogP) is -7.12. The van der Waals surface area contributed by atoms with Crippen molar-refractivity contribution >= 4 is 47.8 Å². The van der Waals surface area contributed by atoms with Crippen LogP contribution in [0.2, 0.25) is 0 Å². The first-order valence-corrected chi connectivity index (χ1v) is 3.45. The predicted molar refractivity (Wildman–Crippen MR) is 47.7 cm³/mol. The van der Waals surface area contributed by atoms with Gasteiger partial charge in [0.05, 0.1) is 23.9 Å². The van der Waals surface area contributed by atoms with Crippen LogP contribution in [-0.4, -0.2) is 53.3 Å². The Kier molecular flexibility index (Phi) is 21.1. The smallest absolute Gasteiger partial charge is 0.545 e. The summed E-state index contributed by atoms with van der Waals surface area (Å²) in [6.45, 7) is 0. The van der Waals surface area contributed by atoms with Gasteiger partial charge in [-0.15, -0.1) is 0 Å². The summed E-state index contributed by atoms with van der Waals surface area (Å²) >= 11 is 0. The number of carboxylic acid groups (broad SMARTS) is 4. The molecular weight excluding hydrogens is 359 g/mol. The summed E-state index contributed by atoms with van der Waals surface area (Å²) in [5.74, 6) is -6.19. The first-order valence-electron chi connectivity index (χ1n) is 3.45. The number of carboxylic acids is 4. The summed E-state index contributed by atoms with van der Waals surface area (Å²) in [4.78, 5) is 37.7. The van der Waals surface area contributed by atoms with Gasteiger partial charge in [0.2, 0.25) is 0 Å². The van der Waals surface area contributed by atoms with Crippen LogP contribution in [0.15, 0.2) is 24.3 Å². The van der Waals surface area contributed by atoms with Crippen LogP contribution in [0.3, 0.4) is 0 Å². The van der Waals surface area contributed by atoms with Gasteiger partial charge >= 0.3 is 23.9 Å². The summed E-state index contributed by atoms with van der Waals surface area (Å²) < 4.78 is 0. The Hall–Kier alpha value is -1.88. The number of aliphatic carboxylic acids is 4. The Morgan fingerprint density at radius 2 is 0.667 bits per heavy atom. The van der Waals surface area contributed by atoms with E-state index in [1.165, 1.54) is 0 Å². The van der Waals surface area contributed by atoms with Crippen LogP contribution in [0.4, 0.5) is 0 Å². The average Bonchev–Trinajstić information content (AvgIpc) is 2.12. The van der Waals surface area contributed by atoms with Gasteiger partial charge in [-0.2, -0.15) is 0 Å². The first kappa shape index (κ1) is 25.1. The fourth-order valence-electron chi connectivity index (χ4n) is 0.272. The second-order valence-electron chi connectivity index (χ2n) is 1.94. The van der Waals surface area contributed by atoms with Crippen molar-refractivity contribution in [3.05, 3.63) is 24.3 Å². The maximum absolute atomic E-state index is 9.41. The normalized spacial score (nSPS) is 8.44. The minimum Gasteiger partial charge on any atom is -0.545 e. The van der Waals surface area contributed by atoms with Gasteiger partial charge in [-0.3, -0.25) is 0 Å². The van der Waals surface area contributed by atoms with Crippen molar-refractivity contribution in [1.82, 2.24) is 0 Å². The molecule has 0 aromatic carbocycles. The van der Waals surface area contributed by atoms with Crippen molar-refractivity contribution < 1.29 is 45.1 Å². The summed E-state index contributed by atoms with van der Waals surface area (Å²) in [5.41, 5.74) is 0. The van der Waals surface area contributed by atoms with E-state index in [2.05, 4.69) is 0 Å². The first-order chi connectivity index (χ1) is 7.25. The summed E-state index contributed by atoms with van der Waals surface area (Å²) in [7, 11) is 0. The number of hydrogen-bond donors (Lipinski definition) is 0. The zero-order valence-electron chi connectivity index (χ0n) is 8.58. The third-order valence-corrected chi connectivity index (χ3v) is 0.711. The van der Waals surface area contributed by atoms with Crippen molar-refractivity contribution in [3.8, 4) is 0 Å². The second-order valence-corrected chi connectivity index (χ2v) is 1.94. The van der Waals surface area contributed by atoms with E-state index < -0.39 is 23.9 Å². The van der Waals surface area contributed by atoms with Crippen LogP contribution >= 0.6 is 0 Å². The zero-order chi connectivity index (χ0) is 13.1. The van der Waals surface area contributed by atoms with Gasteiger partial charge in [-0.25, -0.2) is 0 Å². The van der Waals surface area contributed by atoms with E-state index in [-0.39, 0.29) is 29.4 Å². The molecule has 10 heteroatoms. The Bertz CT molecular complexity index is 278. The minimum absolute atomic E-state index is 0. The second kappa shape index (κ2) is 15.1. The van der Waals surface area contributed by atoms with E-state index in [4.69, 9.17) is 0 Å². The van der Waals surface area contributed by atoms with E-state index in [1.54, 1.807) is 0 Å². The molecule has 9 nitrogen and oxygen atoms in total. The largest absolute Gasteiger partial charge is 4.00 e. The van der Waals surface area contributed by atoms with Crippen LogP contribution in [0.5, 0.6) is 0 Å². The monoisotopic (exact) mass is 366 g/mol. The summed E-state index contributed by atoms with van der Waals surface area (Å²) in [6.07, 6.45) is 1.54. The molecule has 18 heavy (non-hydrogen) atoms. The molecule has 0 atom stereocenters. The maximum atomic E-state index is 9.41. The maximum Gasteiger partial charge on any atom is 4.00 e. The summed E-state index contributed by atoms with van der Waals surface area (Å²) in [6, 6.07) is 0. The van der Waals surface area contributed by atoms with Crippen molar-refractivity contribution in [2.75, 3.05) is 0 Å². The zero-order valence-corrected chi connectivity index (χ0v) is 11.4. The Morgan fingerprint density at radius 3 is 0.722 bits per heavy atom. The topological polar surface area (TPSA) is 192 Å². The Labute approximate surface area is 117 Å². The van der Waals surface area contributed by atoms with Crippen molar-refractivity contribution in [2.24, 2.45) is 0 Å². The number of hydrogen-bond acceptors (Lipinski definition) is 8. The fraction of sp³-hybridized carbons (Fsp3) is 0. The number of carbonyl (C=O) groups excluding carboxylic acids is 4. The van der Waals surface area contributed by atoms with Gasteiger partial charge in [0.25, 0.3) is 0 Å². The average molecular weight is 365 g/mol. The van der Waals surface area contributed by atoms with E-state index in [0.29, 0.717) is 24.3 Å². The van der Waals surface area contributed by atoms with Gasteiger partial charge in [0.15, 0.2) is 0 Å². The molecule has 96 valence electrons. The SMILES string of the molecule is O.O=C([O-])/C=C/C(=O)[O-].O=C([O-])/C=C/C(=O)[O-].[Sn+4]. The molecule has 0 radical (unpaired) electrons. The van der Waals surface area contributed by atoms with Gasteiger partial charge in [0, 0.05) is 0 Å². The molecule has 0 rings (SSSR count). The van der Waals surface area contributed by atoms with E-state index in [0.717, 1.165) is 0 Å². The molecule has 0 aliphatic carbocycles. The molecule has 0 saturated heterocycles. The molecule has 2 N–H and O–H groups in total. The molecule has 0 aromatic rings. The van der Waals surface area contributed by atoms with Gasteiger partial charge < -0.3 is 45.1 Å².